The van der Waals surface area contributed by atoms with Crippen molar-refractivity contribution in [1.82, 2.24) is 0 Å². The Hall–Kier alpha value is -0.310. The third kappa shape index (κ3) is 1.89. The van der Waals surface area contributed by atoms with Gasteiger partial charge in [0.2, 0.25) is 0 Å². The standard InChI is InChI=1S/C8H6ClIN2/c9-8-2-6(10)1-5(3-11)7(8)4-12/h1-2H,4,12H2. The van der Waals surface area contributed by atoms with Crippen LogP contribution < -0.4 is 5.73 Å². The third-order valence-electron chi connectivity index (χ3n) is 1.48. The molecule has 62 valence electrons. The number of rotatable bonds is 1. The maximum absolute atomic E-state index is 8.73. The van der Waals surface area contributed by atoms with Gasteiger partial charge >= 0.3 is 0 Å². The Labute approximate surface area is 89.5 Å². The van der Waals surface area contributed by atoms with E-state index in [0.717, 1.165) is 9.13 Å². The minimum Gasteiger partial charge on any atom is -0.326 e. The quantitative estimate of drug-likeness (QED) is 0.807. The van der Waals surface area contributed by atoms with E-state index in [9.17, 15) is 0 Å². The normalized spacial score (nSPS) is 9.50. The minimum absolute atomic E-state index is 0.304. The van der Waals surface area contributed by atoms with Crippen molar-refractivity contribution in [1.29, 1.82) is 5.26 Å². The van der Waals surface area contributed by atoms with Crippen molar-refractivity contribution in [2.24, 2.45) is 5.73 Å². The molecule has 0 aliphatic heterocycles. The van der Waals surface area contributed by atoms with Crippen molar-refractivity contribution >= 4 is 34.2 Å². The van der Waals surface area contributed by atoms with Gasteiger partial charge in [-0.3, -0.25) is 0 Å². The lowest BCUT2D eigenvalue weighted by molar-refractivity contribution is 1.06. The van der Waals surface area contributed by atoms with Crippen molar-refractivity contribution in [3.8, 4) is 6.07 Å². The summed E-state index contributed by atoms with van der Waals surface area (Å²) in [7, 11) is 0. The molecule has 0 unspecified atom stereocenters. The summed E-state index contributed by atoms with van der Waals surface area (Å²) in [6, 6.07) is 5.63. The third-order valence-corrected chi connectivity index (χ3v) is 2.44. The van der Waals surface area contributed by atoms with Crippen LogP contribution in [0.15, 0.2) is 12.1 Å². The number of hydrogen-bond donors (Lipinski definition) is 1. The molecule has 0 saturated heterocycles. The van der Waals surface area contributed by atoms with Crippen LogP contribution in [0.5, 0.6) is 0 Å². The molecule has 2 N–H and O–H groups in total. The predicted octanol–water partition coefficient (Wildman–Crippen LogP) is 2.27. The van der Waals surface area contributed by atoms with Crippen molar-refractivity contribution < 1.29 is 0 Å². The molecular weight excluding hydrogens is 286 g/mol. The van der Waals surface area contributed by atoms with Crippen molar-refractivity contribution in [3.63, 3.8) is 0 Å². The van der Waals surface area contributed by atoms with E-state index in [4.69, 9.17) is 22.6 Å². The monoisotopic (exact) mass is 292 g/mol. The van der Waals surface area contributed by atoms with Gasteiger partial charge < -0.3 is 5.73 Å². The first-order valence-electron chi connectivity index (χ1n) is 3.27. The van der Waals surface area contributed by atoms with Gasteiger partial charge in [-0.2, -0.15) is 5.26 Å². The maximum atomic E-state index is 8.73. The Kier molecular flexibility index (Phi) is 3.32. The highest BCUT2D eigenvalue weighted by Crippen LogP contribution is 2.22. The molecule has 1 aromatic rings. The van der Waals surface area contributed by atoms with Gasteiger partial charge in [0.25, 0.3) is 0 Å². The van der Waals surface area contributed by atoms with Crippen LogP contribution in [-0.2, 0) is 6.54 Å². The fourth-order valence-electron chi connectivity index (χ4n) is 0.911. The second-order valence-electron chi connectivity index (χ2n) is 2.23. The fourth-order valence-corrected chi connectivity index (χ4v) is 2.01. The number of nitrogens with two attached hydrogens (primary N) is 1. The second-order valence-corrected chi connectivity index (χ2v) is 3.88. The van der Waals surface area contributed by atoms with E-state index < -0.39 is 0 Å². The zero-order valence-corrected chi connectivity index (χ0v) is 9.06. The van der Waals surface area contributed by atoms with Crippen LogP contribution in [0.2, 0.25) is 5.02 Å². The lowest BCUT2D eigenvalue weighted by atomic mass is 10.1. The summed E-state index contributed by atoms with van der Waals surface area (Å²) in [6.45, 7) is 0.304. The molecular formula is C8H6ClIN2. The summed E-state index contributed by atoms with van der Waals surface area (Å²) in [5.41, 5.74) is 6.73. The van der Waals surface area contributed by atoms with E-state index in [1.807, 2.05) is 0 Å². The van der Waals surface area contributed by atoms with Gasteiger partial charge in [0.15, 0.2) is 0 Å². The van der Waals surface area contributed by atoms with Gasteiger partial charge in [0.05, 0.1) is 11.6 Å². The van der Waals surface area contributed by atoms with Crippen LogP contribution in [0.3, 0.4) is 0 Å². The van der Waals surface area contributed by atoms with Gasteiger partial charge in [0, 0.05) is 20.7 Å². The average Bonchev–Trinajstić information content (AvgIpc) is 2.03. The highest BCUT2D eigenvalue weighted by Gasteiger charge is 2.06. The second kappa shape index (κ2) is 4.08. The van der Waals surface area contributed by atoms with Crippen LogP contribution in [-0.4, -0.2) is 0 Å². The summed E-state index contributed by atoms with van der Waals surface area (Å²) < 4.78 is 0.950. The molecule has 0 heterocycles. The van der Waals surface area contributed by atoms with Gasteiger partial charge in [0.1, 0.15) is 0 Å². The Morgan fingerprint density at radius 2 is 2.25 bits per heavy atom. The molecule has 0 saturated carbocycles. The van der Waals surface area contributed by atoms with E-state index in [-0.39, 0.29) is 0 Å². The van der Waals surface area contributed by atoms with Crippen molar-refractivity contribution in [2.75, 3.05) is 0 Å². The van der Waals surface area contributed by atoms with Crippen molar-refractivity contribution in [3.05, 3.63) is 31.9 Å². The van der Waals surface area contributed by atoms with Crippen LogP contribution in [0.25, 0.3) is 0 Å². The summed E-state index contributed by atoms with van der Waals surface area (Å²) >= 11 is 7.99. The highest BCUT2D eigenvalue weighted by molar-refractivity contribution is 14.1. The predicted molar refractivity (Wildman–Crippen MR) is 56.8 cm³/mol. The first kappa shape index (κ1) is 9.78. The molecule has 0 atom stereocenters. The fraction of sp³-hybridized carbons (Fsp3) is 0.125. The summed E-state index contributed by atoms with van der Waals surface area (Å²) in [5.74, 6) is 0. The lowest BCUT2D eigenvalue weighted by Gasteiger charge is -2.03. The maximum Gasteiger partial charge on any atom is 0.0995 e. The molecule has 1 aromatic carbocycles. The number of benzene rings is 1. The van der Waals surface area contributed by atoms with Crippen molar-refractivity contribution in [2.45, 2.75) is 6.54 Å². The summed E-state index contributed by atoms with van der Waals surface area (Å²) in [4.78, 5) is 0. The molecule has 0 spiro atoms. The zero-order chi connectivity index (χ0) is 9.14. The van der Waals surface area contributed by atoms with Crippen LogP contribution in [0.1, 0.15) is 11.1 Å². The molecule has 0 aliphatic rings. The number of hydrogen-bond acceptors (Lipinski definition) is 2. The average molecular weight is 293 g/mol. The van der Waals surface area contributed by atoms with E-state index in [0.29, 0.717) is 17.1 Å². The Morgan fingerprint density at radius 3 is 2.75 bits per heavy atom. The Balaban J connectivity index is 3.36. The van der Waals surface area contributed by atoms with Gasteiger partial charge in [-0.05, 0) is 34.7 Å². The van der Waals surface area contributed by atoms with Gasteiger partial charge in [-0.25, -0.2) is 0 Å². The van der Waals surface area contributed by atoms with E-state index in [1.165, 1.54) is 0 Å². The Bertz CT molecular complexity index is 344. The Morgan fingerprint density at radius 1 is 1.58 bits per heavy atom. The first-order chi connectivity index (χ1) is 5.69. The van der Waals surface area contributed by atoms with Gasteiger partial charge in [-0.15, -0.1) is 0 Å². The lowest BCUT2D eigenvalue weighted by Crippen LogP contribution is -2.00. The first-order valence-corrected chi connectivity index (χ1v) is 4.72. The zero-order valence-electron chi connectivity index (χ0n) is 6.14. The SMILES string of the molecule is N#Cc1cc(I)cc(Cl)c1CN. The van der Waals surface area contributed by atoms with Crippen LogP contribution >= 0.6 is 34.2 Å². The molecule has 0 radical (unpaired) electrons. The smallest absolute Gasteiger partial charge is 0.0995 e. The molecule has 0 aliphatic carbocycles. The molecule has 4 heteroatoms. The van der Waals surface area contributed by atoms with E-state index >= 15 is 0 Å². The largest absolute Gasteiger partial charge is 0.326 e. The van der Waals surface area contributed by atoms with E-state index in [1.54, 1.807) is 12.1 Å². The number of nitrogens with zero attached hydrogens (tertiary/aromatic N) is 1. The van der Waals surface area contributed by atoms with Crippen LogP contribution in [0, 0.1) is 14.9 Å². The molecule has 0 aromatic heterocycles. The topological polar surface area (TPSA) is 49.8 Å². The number of nitriles is 1. The van der Waals surface area contributed by atoms with Crippen LogP contribution in [0.4, 0.5) is 0 Å². The molecule has 0 bridgehead atoms. The summed E-state index contributed by atoms with van der Waals surface area (Å²) in [6.07, 6.45) is 0. The summed E-state index contributed by atoms with van der Waals surface area (Å²) in [5, 5.41) is 9.30. The number of halogens is 2. The van der Waals surface area contributed by atoms with Gasteiger partial charge in [-0.1, -0.05) is 11.6 Å². The highest BCUT2D eigenvalue weighted by atomic mass is 127. The molecule has 0 amide bonds. The molecule has 12 heavy (non-hydrogen) atoms. The molecule has 0 fully saturated rings. The minimum atomic E-state index is 0.304. The van der Waals surface area contributed by atoms with E-state index in [2.05, 4.69) is 28.7 Å². The molecule has 2 nitrogen and oxygen atoms in total. The molecule has 1 rings (SSSR count).